The maximum atomic E-state index is 12.0. The number of aromatic nitrogens is 2. The summed E-state index contributed by atoms with van der Waals surface area (Å²) < 4.78 is 16.1. The van der Waals surface area contributed by atoms with E-state index in [2.05, 4.69) is 9.97 Å². The summed E-state index contributed by atoms with van der Waals surface area (Å²) in [6.45, 7) is 0.107. The number of ether oxygens (including phenoxy) is 3. The first-order chi connectivity index (χ1) is 12.7. The van der Waals surface area contributed by atoms with Crippen LogP contribution in [-0.4, -0.2) is 23.0 Å². The Morgan fingerprint density at radius 1 is 1.00 bits per heavy atom. The lowest BCUT2D eigenvalue weighted by Gasteiger charge is -2.08. The molecule has 2 aromatic carbocycles. The molecule has 7 nitrogen and oxygen atoms in total. The number of hydrogen-bond donors (Lipinski definition) is 1. The fourth-order valence-electron chi connectivity index (χ4n) is 2.16. The van der Waals surface area contributed by atoms with Crippen molar-refractivity contribution >= 4 is 11.8 Å². The highest BCUT2D eigenvalue weighted by atomic mass is 16.5. The molecule has 0 bridgehead atoms. The molecule has 26 heavy (non-hydrogen) atoms. The molecule has 0 aliphatic heterocycles. The highest BCUT2D eigenvalue weighted by Crippen LogP contribution is 2.24. The average Bonchev–Trinajstić information content (AvgIpc) is 2.68. The van der Waals surface area contributed by atoms with Gasteiger partial charge in [-0.2, -0.15) is 0 Å². The average molecular weight is 351 g/mol. The van der Waals surface area contributed by atoms with Crippen LogP contribution in [0.3, 0.4) is 0 Å². The fourth-order valence-corrected chi connectivity index (χ4v) is 2.16. The van der Waals surface area contributed by atoms with Crippen LogP contribution in [0, 0.1) is 0 Å². The Balaban J connectivity index is 1.57. The number of carbonyl (C=O) groups excluding carboxylic acids is 1. The van der Waals surface area contributed by atoms with E-state index in [0.29, 0.717) is 11.5 Å². The molecule has 2 N–H and O–H groups in total. The van der Waals surface area contributed by atoms with Gasteiger partial charge in [0.25, 0.3) is 0 Å². The third-order valence-electron chi connectivity index (χ3n) is 3.55. The van der Waals surface area contributed by atoms with Crippen LogP contribution in [0.25, 0.3) is 0 Å². The highest BCUT2D eigenvalue weighted by molar-refractivity contribution is 5.93. The molecule has 0 atom stereocenters. The molecule has 7 heteroatoms. The van der Waals surface area contributed by atoms with E-state index in [9.17, 15) is 4.79 Å². The number of rotatable bonds is 6. The van der Waals surface area contributed by atoms with Gasteiger partial charge in [-0.1, -0.05) is 12.1 Å². The highest BCUT2D eigenvalue weighted by Gasteiger charge is 2.12. The van der Waals surface area contributed by atoms with Gasteiger partial charge in [0, 0.05) is 6.20 Å². The van der Waals surface area contributed by atoms with Crippen molar-refractivity contribution in [2.45, 2.75) is 6.61 Å². The topological polar surface area (TPSA) is 96.6 Å². The number of carbonyl (C=O) groups is 1. The molecule has 3 aromatic rings. The van der Waals surface area contributed by atoms with Gasteiger partial charge in [0.1, 0.15) is 41.6 Å². The molecular formula is C19H17N3O4. The quantitative estimate of drug-likeness (QED) is 0.681. The summed E-state index contributed by atoms with van der Waals surface area (Å²) in [7, 11) is 1.61. The first-order valence-corrected chi connectivity index (χ1v) is 7.79. The number of hydrogen-bond acceptors (Lipinski definition) is 7. The van der Waals surface area contributed by atoms with Gasteiger partial charge in [0.2, 0.25) is 0 Å². The van der Waals surface area contributed by atoms with Crippen LogP contribution in [-0.2, 0) is 11.3 Å². The predicted octanol–water partition coefficient (Wildman–Crippen LogP) is 3.22. The molecule has 0 unspecified atom stereocenters. The zero-order valence-corrected chi connectivity index (χ0v) is 14.1. The third kappa shape index (κ3) is 4.27. The van der Waals surface area contributed by atoms with Crippen molar-refractivity contribution in [1.29, 1.82) is 0 Å². The molecule has 1 aromatic heterocycles. The number of benzene rings is 2. The van der Waals surface area contributed by atoms with Gasteiger partial charge in [-0.05, 0) is 42.0 Å². The summed E-state index contributed by atoms with van der Waals surface area (Å²) in [4.78, 5) is 19.5. The van der Waals surface area contributed by atoms with Crippen LogP contribution < -0.4 is 15.2 Å². The van der Waals surface area contributed by atoms with Gasteiger partial charge in [0.15, 0.2) is 0 Å². The second kappa shape index (κ2) is 7.98. The van der Waals surface area contributed by atoms with Gasteiger partial charge in [-0.3, -0.25) is 0 Å². The number of nitrogens with zero attached hydrogens (tertiary/aromatic N) is 2. The second-order valence-electron chi connectivity index (χ2n) is 5.32. The molecule has 0 radical (unpaired) electrons. The Kier molecular flexibility index (Phi) is 5.28. The summed E-state index contributed by atoms with van der Waals surface area (Å²) in [5, 5.41) is 0. The summed E-state index contributed by atoms with van der Waals surface area (Å²) in [5.41, 5.74) is 6.59. The largest absolute Gasteiger partial charge is 0.497 e. The zero-order valence-electron chi connectivity index (χ0n) is 14.1. The van der Waals surface area contributed by atoms with E-state index in [1.165, 1.54) is 12.5 Å². The van der Waals surface area contributed by atoms with E-state index in [4.69, 9.17) is 19.9 Å². The van der Waals surface area contributed by atoms with Crippen molar-refractivity contribution in [3.63, 3.8) is 0 Å². The Labute approximate surface area is 150 Å². The summed E-state index contributed by atoms with van der Waals surface area (Å²) in [6.07, 6.45) is 2.60. The Morgan fingerprint density at radius 2 is 1.62 bits per heavy atom. The molecule has 0 saturated carbocycles. The number of methoxy groups -OCH3 is 1. The molecular weight excluding hydrogens is 334 g/mol. The Morgan fingerprint density at radius 3 is 2.23 bits per heavy atom. The van der Waals surface area contributed by atoms with Crippen LogP contribution >= 0.6 is 0 Å². The maximum Gasteiger partial charge on any atom is 0.343 e. The van der Waals surface area contributed by atoms with Gasteiger partial charge in [-0.25, -0.2) is 14.8 Å². The minimum absolute atomic E-state index is 0.0910. The van der Waals surface area contributed by atoms with Crippen LogP contribution in [0.2, 0.25) is 0 Å². The lowest BCUT2D eigenvalue weighted by molar-refractivity contribution is 0.0473. The molecule has 0 saturated heterocycles. The monoisotopic (exact) mass is 351 g/mol. The van der Waals surface area contributed by atoms with Gasteiger partial charge in [-0.15, -0.1) is 0 Å². The van der Waals surface area contributed by atoms with E-state index in [1.807, 2.05) is 36.4 Å². The third-order valence-corrected chi connectivity index (χ3v) is 3.55. The summed E-state index contributed by atoms with van der Waals surface area (Å²) in [5.74, 6) is 1.66. The fraction of sp³-hybridized carbons (Fsp3) is 0.105. The molecule has 132 valence electrons. The molecule has 0 fully saturated rings. The summed E-state index contributed by atoms with van der Waals surface area (Å²) >= 11 is 0. The van der Waals surface area contributed by atoms with Crippen molar-refractivity contribution in [3.05, 3.63) is 72.2 Å². The maximum absolute atomic E-state index is 12.0. The Hall–Kier alpha value is -3.61. The first-order valence-electron chi connectivity index (χ1n) is 7.79. The predicted molar refractivity (Wildman–Crippen MR) is 95.1 cm³/mol. The standard InChI is InChI=1S/C19H17N3O4/c1-24-14-6-8-16(9-7-14)26-15-4-2-13(3-5-15)11-25-19(23)17-10-21-12-22-18(17)20/h2-10,12H,11H2,1H3,(H2,20,21,22). The van der Waals surface area contributed by atoms with Gasteiger partial charge >= 0.3 is 5.97 Å². The SMILES string of the molecule is COc1ccc(Oc2ccc(COC(=O)c3cncnc3N)cc2)cc1. The molecule has 0 aliphatic carbocycles. The molecule has 3 rings (SSSR count). The van der Waals surface area contributed by atoms with E-state index < -0.39 is 5.97 Å². The summed E-state index contributed by atoms with van der Waals surface area (Å²) in [6, 6.07) is 14.5. The van der Waals surface area contributed by atoms with E-state index >= 15 is 0 Å². The molecule has 0 amide bonds. The lowest BCUT2D eigenvalue weighted by Crippen LogP contribution is -2.10. The van der Waals surface area contributed by atoms with Crippen molar-refractivity contribution < 1.29 is 19.0 Å². The van der Waals surface area contributed by atoms with Crippen LogP contribution in [0.4, 0.5) is 5.82 Å². The Bertz CT molecular complexity index is 880. The number of nitrogen functional groups attached to an aromatic ring is 1. The van der Waals surface area contributed by atoms with Crippen molar-refractivity contribution in [2.24, 2.45) is 0 Å². The van der Waals surface area contributed by atoms with E-state index in [0.717, 1.165) is 11.3 Å². The molecule has 0 spiro atoms. The van der Waals surface area contributed by atoms with Gasteiger partial charge < -0.3 is 19.9 Å². The minimum Gasteiger partial charge on any atom is -0.497 e. The van der Waals surface area contributed by atoms with Crippen LogP contribution in [0.5, 0.6) is 17.2 Å². The normalized spacial score (nSPS) is 10.2. The van der Waals surface area contributed by atoms with Crippen LogP contribution in [0.15, 0.2) is 61.1 Å². The smallest absolute Gasteiger partial charge is 0.343 e. The second-order valence-corrected chi connectivity index (χ2v) is 5.32. The zero-order chi connectivity index (χ0) is 18.4. The van der Waals surface area contributed by atoms with E-state index in [1.54, 1.807) is 19.2 Å². The molecule has 0 aliphatic rings. The van der Waals surface area contributed by atoms with Crippen LogP contribution in [0.1, 0.15) is 15.9 Å². The number of esters is 1. The van der Waals surface area contributed by atoms with Crippen molar-refractivity contribution in [1.82, 2.24) is 9.97 Å². The molecule has 1 heterocycles. The van der Waals surface area contributed by atoms with Crippen molar-refractivity contribution in [2.75, 3.05) is 12.8 Å². The minimum atomic E-state index is -0.568. The first kappa shape index (κ1) is 17.2. The van der Waals surface area contributed by atoms with Crippen molar-refractivity contribution in [3.8, 4) is 17.2 Å². The lowest BCUT2D eigenvalue weighted by atomic mass is 10.2. The van der Waals surface area contributed by atoms with E-state index in [-0.39, 0.29) is 18.0 Å². The number of nitrogens with two attached hydrogens (primary N) is 1. The van der Waals surface area contributed by atoms with Gasteiger partial charge in [0.05, 0.1) is 7.11 Å². The number of anilines is 1.